The van der Waals surface area contributed by atoms with Crippen LogP contribution in [0.15, 0.2) is 97.1 Å². The van der Waals surface area contributed by atoms with Gasteiger partial charge in [-0.05, 0) is 66.9 Å². The molecule has 0 aliphatic heterocycles. The maximum atomic E-state index is 9.18. The number of rotatable bonds is 6. The molecule has 0 fully saturated rings. The summed E-state index contributed by atoms with van der Waals surface area (Å²) in [6.07, 6.45) is 0. The predicted molar refractivity (Wildman–Crippen MR) is 172 cm³/mol. The quantitative estimate of drug-likeness (QED) is 0.128. The standard InChI is InChI=1S/C13H12BClN2O2S.C13H11BClNO3S/c15-12-8-10(6-7-11(12)14(18)19)17-13(20)16-9-4-2-1-3-5-9;15-12-10(14(17)18)7-4-8-11(12)16-13(20)19-9-5-2-1-3-6-9/h1-8,18-19H,(H2,16,17,20);1-8,17-18H,(H,16,20). The largest absolute Gasteiger partial charge is 0.490 e. The summed E-state index contributed by atoms with van der Waals surface area (Å²) in [4.78, 5) is 0. The monoisotopic (exact) mass is 613 g/mol. The van der Waals surface area contributed by atoms with Gasteiger partial charge in [-0.2, -0.15) is 0 Å². The van der Waals surface area contributed by atoms with Crippen LogP contribution in [0.5, 0.6) is 5.75 Å². The number of nitrogens with one attached hydrogen (secondary N) is 3. The number of anilines is 3. The van der Waals surface area contributed by atoms with Gasteiger partial charge < -0.3 is 40.8 Å². The molecule has 40 heavy (non-hydrogen) atoms. The molecule has 0 saturated carbocycles. The van der Waals surface area contributed by atoms with Crippen LogP contribution in [0.4, 0.5) is 17.1 Å². The van der Waals surface area contributed by atoms with Crippen LogP contribution in [0.2, 0.25) is 10.0 Å². The lowest BCUT2D eigenvalue weighted by Crippen LogP contribution is -2.31. The molecule has 0 bridgehead atoms. The molecular weight excluding hydrogens is 591 g/mol. The van der Waals surface area contributed by atoms with E-state index in [2.05, 4.69) is 16.0 Å². The van der Waals surface area contributed by atoms with Gasteiger partial charge in [-0.15, -0.1) is 0 Å². The minimum absolute atomic E-state index is 0.114. The van der Waals surface area contributed by atoms with Crippen LogP contribution in [-0.2, 0) is 0 Å². The highest BCUT2D eigenvalue weighted by Crippen LogP contribution is 2.20. The maximum Gasteiger partial charge on any atom is 0.490 e. The smallest absolute Gasteiger partial charge is 0.432 e. The third-order valence-electron chi connectivity index (χ3n) is 5.07. The van der Waals surface area contributed by atoms with Crippen molar-refractivity contribution in [3.8, 4) is 5.75 Å². The van der Waals surface area contributed by atoms with Gasteiger partial charge in [0, 0.05) is 27.3 Å². The zero-order valence-electron chi connectivity index (χ0n) is 20.7. The van der Waals surface area contributed by atoms with Gasteiger partial charge in [0.1, 0.15) is 5.75 Å². The fourth-order valence-electron chi connectivity index (χ4n) is 3.21. The first-order chi connectivity index (χ1) is 19.1. The number of halogens is 2. The Hall–Kier alpha value is -3.19. The van der Waals surface area contributed by atoms with E-state index in [1.54, 1.807) is 36.4 Å². The van der Waals surface area contributed by atoms with Gasteiger partial charge in [-0.25, -0.2) is 0 Å². The molecule has 0 aliphatic carbocycles. The number of hydrogen-bond donors (Lipinski definition) is 7. The predicted octanol–water partition coefficient (Wildman–Crippen LogP) is 3.62. The molecule has 0 aromatic heterocycles. The van der Waals surface area contributed by atoms with Gasteiger partial charge in [-0.3, -0.25) is 0 Å². The molecule has 0 spiro atoms. The molecular formula is C26H23B2Cl2N3O5S2. The minimum atomic E-state index is -1.65. The minimum Gasteiger partial charge on any atom is -0.432 e. The number of thiocarbonyl (C=S) groups is 2. The Labute approximate surface area is 252 Å². The molecule has 14 heteroatoms. The zero-order chi connectivity index (χ0) is 29.1. The molecule has 204 valence electrons. The normalized spacial score (nSPS) is 9.95. The number of ether oxygens (including phenoxy) is 1. The Morgan fingerprint density at radius 3 is 1.85 bits per heavy atom. The molecule has 8 nitrogen and oxygen atoms in total. The summed E-state index contributed by atoms with van der Waals surface area (Å²) in [5, 5.41) is 46.3. The van der Waals surface area contributed by atoms with Crippen LogP contribution in [0, 0.1) is 0 Å². The summed E-state index contributed by atoms with van der Waals surface area (Å²) >= 11 is 22.2. The van der Waals surface area contributed by atoms with Crippen molar-refractivity contribution >= 4 is 100 Å². The van der Waals surface area contributed by atoms with Gasteiger partial charge in [-0.1, -0.05) is 77.8 Å². The van der Waals surface area contributed by atoms with Crippen molar-refractivity contribution in [2.45, 2.75) is 0 Å². The van der Waals surface area contributed by atoms with Gasteiger partial charge in [0.2, 0.25) is 0 Å². The van der Waals surface area contributed by atoms with Crippen molar-refractivity contribution in [2.75, 3.05) is 16.0 Å². The fourth-order valence-corrected chi connectivity index (χ4v) is 4.20. The highest BCUT2D eigenvalue weighted by molar-refractivity contribution is 7.80. The van der Waals surface area contributed by atoms with Gasteiger partial charge in [0.25, 0.3) is 5.17 Å². The Bertz CT molecular complexity index is 1440. The molecule has 4 aromatic rings. The van der Waals surface area contributed by atoms with Crippen molar-refractivity contribution in [3.63, 3.8) is 0 Å². The van der Waals surface area contributed by atoms with Gasteiger partial charge >= 0.3 is 14.2 Å². The molecule has 4 aromatic carbocycles. The summed E-state index contributed by atoms with van der Waals surface area (Å²) in [6, 6.07) is 28.1. The Morgan fingerprint density at radius 2 is 1.25 bits per heavy atom. The second-order valence-electron chi connectivity index (χ2n) is 7.97. The van der Waals surface area contributed by atoms with E-state index in [1.807, 2.05) is 48.5 Å². The number of benzene rings is 4. The molecule has 7 N–H and O–H groups in total. The van der Waals surface area contributed by atoms with E-state index < -0.39 is 14.2 Å². The van der Waals surface area contributed by atoms with Crippen LogP contribution in [0.25, 0.3) is 0 Å². The van der Waals surface area contributed by atoms with E-state index in [0.29, 0.717) is 22.2 Å². The first kappa shape index (κ1) is 31.3. The van der Waals surface area contributed by atoms with Gasteiger partial charge in [0.15, 0.2) is 5.11 Å². The molecule has 0 radical (unpaired) electrons. The van der Waals surface area contributed by atoms with Crippen molar-refractivity contribution in [1.82, 2.24) is 0 Å². The number of hydrogen-bond acceptors (Lipinski definition) is 7. The summed E-state index contributed by atoms with van der Waals surface area (Å²) in [5.41, 5.74) is 2.42. The summed E-state index contributed by atoms with van der Waals surface area (Å²) in [7, 11) is -3.24. The van der Waals surface area contributed by atoms with Crippen LogP contribution in [0.3, 0.4) is 0 Å². The van der Waals surface area contributed by atoms with Crippen molar-refractivity contribution in [2.24, 2.45) is 0 Å². The molecule has 0 heterocycles. The fraction of sp³-hybridized carbons (Fsp3) is 0. The first-order valence-electron chi connectivity index (χ1n) is 11.6. The average Bonchev–Trinajstić information content (AvgIpc) is 2.91. The molecule has 0 aliphatic rings. The Kier molecular flexibility index (Phi) is 12.2. The van der Waals surface area contributed by atoms with E-state index in [4.69, 9.17) is 62.4 Å². The third kappa shape index (κ3) is 9.77. The van der Waals surface area contributed by atoms with Gasteiger partial charge in [0.05, 0.1) is 10.7 Å². The lowest BCUT2D eigenvalue weighted by atomic mass is 9.80. The SMILES string of the molecule is OB(O)c1ccc(NC(=S)Nc2ccccc2)cc1Cl.OB(O)c1cccc(NC(=S)Oc2ccccc2)c1Cl. The highest BCUT2D eigenvalue weighted by atomic mass is 35.5. The summed E-state index contributed by atoms with van der Waals surface area (Å²) in [5.74, 6) is 0.597. The van der Waals surface area contributed by atoms with E-state index in [0.717, 1.165) is 5.69 Å². The average molecular weight is 614 g/mol. The van der Waals surface area contributed by atoms with Crippen LogP contribution in [-0.4, -0.2) is 44.6 Å². The van der Waals surface area contributed by atoms with Crippen molar-refractivity contribution < 1.29 is 24.8 Å². The summed E-state index contributed by atoms with van der Waals surface area (Å²) < 4.78 is 5.41. The van der Waals surface area contributed by atoms with E-state index >= 15 is 0 Å². The van der Waals surface area contributed by atoms with Crippen LogP contribution < -0.4 is 31.6 Å². The molecule has 0 amide bonds. The van der Waals surface area contributed by atoms with Crippen molar-refractivity contribution in [1.29, 1.82) is 0 Å². The Morgan fingerprint density at radius 1 is 0.650 bits per heavy atom. The van der Waals surface area contributed by atoms with Crippen molar-refractivity contribution in [3.05, 3.63) is 107 Å². The molecule has 4 rings (SSSR count). The second kappa shape index (κ2) is 15.6. The summed E-state index contributed by atoms with van der Waals surface area (Å²) in [6.45, 7) is 0. The lowest BCUT2D eigenvalue weighted by molar-refractivity contribution is 0.424. The Balaban J connectivity index is 0.000000220. The third-order valence-corrected chi connectivity index (χ3v) is 6.20. The van der Waals surface area contributed by atoms with Crippen LogP contribution in [0.1, 0.15) is 0 Å². The van der Waals surface area contributed by atoms with Crippen LogP contribution >= 0.6 is 47.6 Å². The molecule has 0 saturated heterocycles. The lowest BCUT2D eigenvalue weighted by Gasteiger charge is -2.12. The molecule has 0 unspecified atom stereocenters. The second-order valence-corrected chi connectivity index (χ2v) is 9.53. The zero-order valence-corrected chi connectivity index (χ0v) is 23.8. The molecule has 0 atom stereocenters. The first-order valence-corrected chi connectivity index (χ1v) is 13.2. The van der Waals surface area contributed by atoms with E-state index in [-0.39, 0.29) is 26.1 Å². The van der Waals surface area contributed by atoms with E-state index in [1.165, 1.54) is 12.1 Å². The topological polar surface area (TPSA) is 126 Å². The maximum absolute atomic E-state index is 9.18. The highest BCUT2D eigenvalue weighted by Gasteiger charge is 2.18. The van der Waals surface area contributed by atoms with E-state index in [9.17, 15) is 10.0 Å². The number of para-hydroxylation sites is 2.